The Bertz CT molecular complexity index is 1360. The zero-order valence-corrected chi connectivity index (χ0v) is 16.7. The van der Waals surface area contributed by atoms with Crippen molar-refractivity contribution < 1.29 is 13.5 Å². The van der Waals surface area contributed by atoms with E-state index in [-0.39, 0.29) is 5.82 Å². The highest BCUT2D eigenvalue weighted by atomic mass is 32.1. The molecule has 0 saturated carbocycles. The van der Waals surface area contributed by atoms with Crippen LogP contribution in [-0.2, 0) is 19.6 Å². The number of furan rings is 1. The van der Waals surface area contributed by atoms with Gasteiger partial charge in [-0.1, -0.05) is 17.4 Å². The molecule has 0 aliphatic carbocycles. The third-order valence-electron chi connectivity index (χ3n) is 5.33. The number of fused-ring (bicyclic) bond motifs is 3. The fraction of sp³-hybridized carbons (Fsp3) is 0.130. The second kappa shape index (κ2) is 6.90. The minimum atomic E-state index is -0.180. The highest BCUT2D eigenvalue weighted by molar-refractivity contribution is 7.20. The first kappa shape index (κ1) is 17.6. The normalized spacial score (nSPS) is 13.9. The summed E-state index contributed by atoms with van der Waals surface area (Å²) in [6, 6.07) is 14.7. The van der Waals surface area contributed by atoms with Crippen LogP contribution in [0.1, 0.15) is 16.7 Å². The Kier molecular flexibility index (Phi) is 4.04. The first-order valence-electron chi connectivity index (χ1n) is 9.60. The molecule has 0 N–H and O–H groups in total. The molecule has 0 atom stereocenters. The molecule has 7 heteroatoms. The SMILES string of the molecule is Fc1ccc2c(c1)CN(Cc1coc3cc(Oc4nc5ncccc5s4)ccc13)C2. The number of hydrogen-bond acceptors (Lipinski definition) is 6. The van der Waals surface area contributed by atoms with Crippen LogP contribution >= 0.6 is 11.3 Å². The van der Waals surface area contributed by atoms with Crippen molar-refractivity contribution in [1.29, 1.82) is 0 Å². The summed E-state index contributed by atoms with van der Waals surface area (Å²) >= 11 is 1.46. The molecule has 1 aliphatic heterocycles. The molecule has 5 aromatic rings. The Morgan fingerprint density at radius 3 is 2.97 bits per heavy atom. The van der Waals surface area contributed by atoms with Gasteiger partial charge in [-0.2, -0.15) is 4.98 Å². The van der Waals surface area contributed by atoms with Crippen molar-refractivity contribution in [1.82, 2.24) is 14.9 Å². The first-order valence-corrected chi connectivity index (χ1v) is 10.4. The van der Waals surface area contributed by atoms with E-state index in [0.717, 1.165) is 46.4 Å². The van der Waals surface area contributed by atoms with Crippen LogP contribution in [-0.4, -0.2) is 14.9 Å². The standard InChI is InChI=1S/C23H16FN3O2S/c24-17-4-3-14-10-27(11-15(14)8-17)12-16-13-28-20-9-18(5-6-19(16)20)29-23-26-22-21(30-23)2-1-7-25-22/h1-9,13H,10-12H2. The van der Waals surface area contributed by atoms with Crippen LogP contribution < -0.4 is 4.74 Å². The molecule has 0 spiro atoms. The molecule has 4 heterocycles. The van der Waals surface area contributed by atoms with Crippen LogP contribution in [0.3, 0.4) is 0 Å². The molecule has 30 heavy (non-hydrogen) atoms. The molecule has 0 radical (unpaired) electrons. The monoisotopic (exact) mass is 417 g/mol. The second-order valence-corrected chi connectivity index (χ2v) is 8.38. The van der Waals surface area contributed by atoms with E-state index in [1.807, 2.05) is 36.4 Å². The number of aromatic nitrogens is 2. The number of ether oxygens (including phenoxy) is 1. The van der Waals surface area contributed by atoms with Gasteiger partial charge in [-0.3, -0.25) is 4.90 Å². The summed E-state index contributed by atoms with van der Waals surface area (Å²) < 4.78 is 26.2. The van der Waals surface area contributed by atoms with Crippen molar-refractivity contribution in [2.24, 2.45) is 0 Å². The maximum atomic E-state index is 13.5. The number of benzene rings is 2. The molecular formula is C23H16FN3O2S. The molecule has 0 unspecified atom stereocenters. The topological polar surface area (TPSA) is 51.4 Å². The number of nitrogens with zero attached hydrogens (tertiary/aromatic N) is 3. The van der Waals surface area contributed by atoms with Crippen LogP contribution in [0.2, 0.25) is 0 Å². The Hall–Kier alpha value is -3.29. The summed E-state index contributed by atoms with van der Waals surface area (Å²) in [4.78, 5) is 10.9. The van der Waals surface area contributed by atoms with Gasteiger partial charge in [0, 0.05) is 42.8 Å². The summed E-state index contributed by atoms with van der Waals surface area (Å²) in [7, 11) is 0. The Morgan fingerprint density at radius 2 is 2.03 bits per heavy atom. The van der Waals surface area contributed by atoms with Gasteiger partial charge in [0.25, 0.3) is 5.19 Å². The van der Waals surface area contributed by atoms with E-state index < -0.39 is 0 Å². The van der Waals surface area contributed by atoms with Crippen LogP contribution in [0.15, 0.2) is 65.4 Å². The molecule has 2 aromatic carbocycles. The highest BCUT2D eigenvalue weighted by Gasteiger charge is 2.21. The lowest BCUT2D eigenvalue weighted by atomic mass is 10.1. The molecular weight excluding hydrogens is 401 g/mol. The van der Waals surface area contributed by atoms with E-state index in [1.165, 1.54) is 23.0 Å². The van der Waals surface area contributed by atoms with Crippen molar-refractivity contribution >= 4 is 32.7 Å². The number of hydrogen-bond donors (Lipinski definition) is 0. The quantitative estimate of drug-likeness (QED) is 0.365. The largest absolute Gasteiger partial charge is 0.464 e. The van der Waals surface area contributed by atoms with E-state index in [2.05, 4.69) is 14.9 Å². The van der Waals surface area contributed by atoms with Crippen LogP contribution in [0.5, 0.6) is 10.9 Å². The molecule has 0 bridgehead atoms. The minimum Gasteiger partial charge on any atom is -0.464 e. The Balaban J connectivity index is 1.22. The molecule has 148 valence electrons. The molecule has 3 aromatic heterocycles. The van der Waals surface area contributed by atoms with E-state index in [1.54, 1.807) is 18.5 Å². The molecule has 0 fully saturated rings. The smallest absolute Gasteiger partial charge is 0.281 e. The molecule has 6 rings (SSSR count). The van der Waals surface area contributed by atoms with Gasteiger partial charge in [0.15, 0.2) is 5.65 Å². The van der Waals surface area contributed by atoms with Crippen molar-refractivity contribution in [2.45, 2.75) is 19.6 Å². The number of rotatable bonds is 4. The fourth-order valence-corrected chi connectivity index (χ4v) is 4.72. The molecule has 5 nitrogen and oxygen atoms in total. The maximum absolute atomic E-state index is 13.5. The van der Waals surface area contributed by atoms with Crippen molar-refractivity contribution in [2.75, 3.05) is 0 Å². The van der Waals surface area contributed by atoms with Crippen LogP contribution in [0.4, 0.5) is 4.39 Å². The summed E-state index contributed by atoms with van der Waals surface area (Å²) in [5, 5.41) is 1.60. The predicted molar refractivity (Wildman–Crippen MR) is 113 cm³/mol. The molecule has 1 aliphatic rings. The number of pyridine rings is 1. The van der Waals surface area contributed by atoms with Crippen molar-refractivity contribution in [3.63, 3.8) is 0 Å². The van der Waals surface area contributed by atoms with Crippen LogP contribution in [0, 0.1) is 5.82 Å². The predicted octanol–water partition coefficient (Wildman–Crippen LogP) is 5.88. The fourth-order valence-electron chi connectivity index (χ4n) is 3.93. The van der Waals surface area contributed by atoms with Gasteiger partial charge in [-0.25, -0.2) is 9.37 Å². The molecule has 0 saturated heterocycles. The lowest BCUT2D eigenvalue weighted by molar-refractivity contribution is 0.275. The van der Waals surface area contributed by atoms with Gasteiger partial charge >= 0.3 is 0 Å². The highest BCUT2D eigenvalue weighted by Crippen LogP contribution is 2.34. The van der Waals surface area contributed by atoms with Crippen molar-refractivity contribution in [3.8, 4) is 10.9 Å². The van der Waals surface area contributed by atoms with Crippen LogP contribution in [0.25, 0.3) is 21.3 Å². The third kappa shape index (κ3) is 3.12. The van der Waals surface area contributed by atoms with E-state index in [4.69, 9.17) is 9.15 Å². The van der Waals surface area contributed by atoms with E-state index in [9.17, 15) is 4.39 Å². The average Bonchev–Trinajstić information content (AvgIpc) is 3.44. The van der Waals surface area contributed by atoms with Gasteiger partial charge in [0.2, 0.25) is 0 Å². The van der Waals surface area contributed by atoms with Crippen molar-refractivity contribution in [3.05, 3.63) is 83.5 Å². The summed E-state index contributed by atoms with van der Waals surface area (Å²) in [5.74, 6) is 0.493. The average molecular weight is 417 g/mol. The summed E-state index contributed by atoms with van der Waals surface area (Å²) in [6.45, 7) is 2.30. The van der Waals surface area contributed by atoms with Gasteiger partial charge in [0.05, 0.1) is 11.0 Å². The number of halogens is 1. The Labute approximate surface area is 175 Å². The summed E-state index contributed by atoms with van der Waals surface area (Å²) in [5.41, 5.74) is 4.80. The van der Waals surface area contributed by atoms with Gasteiger partial charge in [-0.15, -0.1) is 0 Å². The van der Waals surface area contributed by atoms with Gasteiger partial charge in [-0.05, 0) is 47.5 Å². The number of thiazole rings is 1. The zero-order chi connectivity index (χ0) is 20.1. The van der Waals surface area contributed by atoms with E-state index >= 15 is 0 Å². The summed E-state index contributed by atoms with van der Waals surface area (Å²) in [6.07, 6.45) is 3.51. The first-order chi connectivity index (χ1) is 14.7. The van der Waals surface area contributed by atoms with Gasteiger partial charge < -0.3 is 9.15 Å². The molecule has 0 amide bonds. The van der Waals surface area contributed by atoms with E-state index in [0.29, 0.717) is 16.6 Å². The lowest BCUT2D eigenvalue weighted by Gasteiger charge is -2.13. The second-order valence-electron chi connectivity index (χ2n) is 7.38. The Morgan fingerprint density at radius 1 is 1.10 bits per heavy atom. The zero-order valence-electron chi connectivity index (χ0n) is 15.8. The minimum absolute atomic E-state index is 0.180. The van der Waals surface area contributed by atoms with Gasteiger partial charge in [0.1, 0.15) is 17.1 Å². The maximum Gasteiger partial charge on any atom is 0.281 e. The third-order valence-corrected chi connectivity index (χ3v) is 6.22. The lowest BCUT2D eigenvalue weighted by Crippen LogP contribution is -2.15.